The second kappa shape index (κ2) is 4.43. The Balaban J connectivity index is 2.63. The van der Waals surface area contributed by atoms with E-state index in [9.17, 15) is 10.2 Å². The van der Waals surface area contributed by atoms with Crippen LogP contribution >= 0.6 is 0 Å². The Morgan fingerprint density at radius 2 is 1.92 bits per heavy atom. The summed E-state index contributed by atoms with van der Waals surface area (Å²) in [6.07, 6.45) is 1.95. The van der Waals surface area contributed by atoms with Crippen molar-refractivity contribution in [1.82, 2.24) is 0 Å². The molecule has 1 unspecified atom stereocenters. The molecule has 4 atom stereocenters. The molecule has 2 heteroatoms. The second-order valence-corrected chi connectivity index (χ2v) is 4.80. The molecule has 1 saturated carbocycles. The van der Waals surface area contributed by atoms with E-state index in [-0.39, 0.29) is 18.6 Å². The molecule has 0 aromatic heterocycles. The summed E-state index contributed by atoms with van der Waals surface area (Å²) in [5.41, 5.74) is 0. The molecule has 0 amide bonds. The second-order valence-electron chi connectivity index (χ2n) is 4.80. The molecule has 1 fully saturated rings. The van der Waals surface area contributed by atoms with Gasteiger partial charge in [0.15, 0.2) is 0 Å². The molecule has 1 aliphatic carbocycles. The van der Waals surface area contributed by atoms with Gasteiger partial charge in [-0.25, -0.2) is 0 Å². The van der Waals surface area contributed by atoms with E-state index in [0.29, 0.717) is 17.8 Å². The third kappa shape index (κ3) is 2.23. The van der Waals surface area contributed by atoms with Crippen molar-refractivity contribution in [2.45, 2.75) is 39.7 Å². The van der Waals surface area contributed by atoms with Crippen LogP contribution in [0.2, 0.25) is 0 Å². The van der Waals surface area contributed by atoms with Crippen LogP contribution in [0.15, 0.2) is 0 Å². The third-order valence-electron chi connectivity index (χ3n) is 3.63. The standard InChI is InChI=1S/C11H22O2/c1-7(2)9-5-4-8(3)10(6-12)11(9)13/h7-13H,4-6H2,1-3H3/t8-,9+,10?,11+/m1/s1. The van der Waals surface area contributed by atoms with Crippen molar-refractivity contribution in [1.29, 1.82) is 0 Å². The predicted octanol–water partition coefficient (Wildman–Crippen LogP) is 1.66. The van der Waals surface area contributed by atoms with E-state index in [1.54, 1.807) is 0 Å². The van der Waals surface area contributed by atoms with Crippen LogP contribution in [-0.4, -0.2) is 22.9 Å². The summed E-state index contributed by atoms with van der Waals surface area (Å²) in [5.74, 6) is 1.47. The monoisotopic (exact) mass is 186 g/mol. The molecular weight excluding hydrogens is 164 g/mol. The van der Waals surface area contributed by atoms with Crippen molar-refractivity contribution in [3.05, 3.63) is 0 Å². The van der Waals surface area contributed by atoms with E-state index in [0.717, 1.165) is 12.8 Å². The maximum atomic E-state index is 10.0. The molecule has 0 radical (unpaired) electrons. The van der Waals surface area contributed by atoms with Crippen molar-refractivity contribution in [3.8, 4) is 0 Å². The van der Waals surface area contributed by atoms with E-state index in [1.165, 1.54) is 0 Å². The molecule has 0 spiro atoms. The van der Waals surface area contributed by atoms with Gasteiger partial charge in [0.25, 0.3) is 0 Å². The summed E-state index contributed by atoms with van der Waals surface area (Å²) in [7, 11) is 0. The highest BCUT2D eigenvalue weighted by Gasteiger charge is 2.36. The quantitative estimate of drug-likeness (QED) is 0.688. The minimum atomic E-state index is -0.297. The van der Waals surface area contributed by atoms with Crippen molar-refractivity contribution < 1.29 is 10.2 Å². The highest BCUT2D eigenvalue weighted by Crippen LogP contribution is 2.37. The van der Waals surface area contributed by atoms with Crippen LogP contribution in [0.5, 0.6) is 0 Å². The molecule has 0 saturated heterocycles. The van der Waals surface area contributed by atoms with Gasteiger partial charge in [-0.15, -0.1) is 0 Å². The van der Waals surface area contributed by atoms with Gasteiger partial charge in [0, 0.05) is 12.5 Å². The van der Waals surface area contributed by atoms with Gasteiger partial charge in [-0.05, 0) is 30.6 Å². The molecular formula is C11H22O2. The van der Waals surface area contributed by atoms with Crippen LogP contribution in [0.3, 0.4) is 0 Å². The SMILES string of the molecule is CC(C)[C@@H]1CC[C@@H](C)C(CO)[C@H]1O. The van der Waals surface area contributed by atoms with Crippen LogP contribution in [0.25, 0.3) is 0 Å². The Kier molecular flexibility index (Phi) is 3.74. The summed E-state index contributed by atoms with van der Waals surface area (Å²) in [5, 5.41) is 19.2. The van der Waals surface area contributed by atoms with Crippen LogP contribution in [0.1, 0.15) is 33.6 Å². The lowest BCUT2D eigenvalue weighted by atomic mass is 9.69. The van der Waals surface area contributed by atoms with Gasteiger partial charge in [0.2, 0.25) is 0 Å². The lowest BCUT2D eigenvalue weighted by molar-refractivity contribution is -0.0481. The fourth-order valence-electron chi connectivity index (χ4n) is 2.51. The number of aliphatic hydroxyl groups is 2. The van der Waals surface area contributed by atoms with Crippen molar-refractivity contribution in [2.24, 2.45) is 23.7 Å². The maximum absolute atomic E-state index is 10.0. The van der Waals surface area contributed by atoms with Crippen LogP contribution < -0.4 is 0 Å². The molecule has 78 valence electrons. The van der Waals surface area contributed by atoms with Crippen molar-refractivity contribution in [2.75, 3.05) is 6.61 Å². The van der Waals surface area contributed by atoms with E-state index in [1.807, 2.05) is 0 Å². The molecule has 2 N–H and O–H groups in total. The molecule has 1 rings (SSSR count). The zero-order chi connectivity index (χ0) is 10.0. The zero-order valence-corrected chi connectivity index (χ0v) is 8.90. The van der Waals surface area contributed by atoms with Crippen molar-refractivity contribution >= 4 is 0 Å². The normalized spacial score (nSPS) is 41.1. The van der Waals surface area contributed by atoms with E-state index >= 15 is 0 Å². The number of aliphatic hydroxyl groups excluding tert-OH is 2. The fourth-order valence-corrected chi connectivity index (χ4v) is 2.51. The highest BCUT2D eigenvalue weighted by atomic mass is 16.3. The Morgan fingerprint density at radius 1 is 1.31 bits per heavy atom. The first-order valence-electron chi connectivity index (χ1n) is 5.36. The van der Waals surface area contributed by atoms with Gasteiger partial charge in [-0.3, -0.25) is 0 Å². The molecule has 13 heavy (non-hydrogen) atoms. The highest BCUT2D eigenvalue weighted by molar-refractivity contribution is 4.86. The van der Waals surface area contributed by atoms with Crippen LogP contribution in [0.4, 0.5) is 0 Å². The molecule has 0 aromatic rings. The average molecular weight is 186 g/mol. The third-order valence-corrected chi connectivity index (χ3v) is 3.63. The lowest BCUT2D eigenvalue weighted by Crippen LogP contribution is -2.42. The van der Waals surface area contributed by atoms with Crippen molar-refractivity contribution in [3.63, 3.8) is 0 Å². The van der Waals surface area contributed by atoms with Crippen LogP contribution in [-0.2, 0) is 0 Å². The largest absolute Gasteiger partial charge is 0.396 e. The fraction of sp³-hybridized carbons (Fsp3) is 1.00. The van der Waals surface area contributed by atoms with Gasteiger partial charge >= 0.3 is 0 Å². The minimum absolute atomic E-state index is 0.0983. The van der Waals surface area contributed by atoms with Crippen LogP contribution in [0, 0.1) is 23.7 Å². The first-order chi connectivity index (χ1) is 6.07. The molecule has 1 aliphatic rings. The Hall–Kier alpha value is -0.0800. The first-order valence-corrected chi connectivity index (χ1v) is 5.36. The van der Waals surface area contributed by atoms with E-state index in [4.69, 9.17) is 0 Å². The number of rotatable bonds is 2. The topological polar surface area (TPSA) is 40.5 Å². The first kappa shape index (κ1) is 11.0. The zero-order valence-electron chi connectivity index (χ0n) is 8.90. The van der Waals surface area contributed by atoms with E-state index in [2.05, 4.69) is 20.8 Å². The molecule has 0 bridgehead atoms. The molecule has 0 heterocycles. The lowest BCUT2D eigenvalue weighted by Gasteiger charge is -2.40. The summed E-state index contributed by atoms with van der Waals surface area (Å²) in [6, 6.07) is 0. The molecule has 0 aliphatic heterocycles. The summed E-state index contributed by atoms with van der Waals surface area (Å²) < 4.78 is 0. The maximum Gasteiger partial charge on any atom is 0.0623 e. The van der Waals surface area contributed by atoms with Gasteiger partial charge in [0.05, 0.1) is 6.10 Å². The minimum Gasteiger partial charge on any atom is -0.396 e. The van der Waals surface area contributed by atoms with Gasteiger partial charge in [-0.2, -0.15) is 0 Å². The number of hydrogen-bond acceptors (Lipinski definition) is 2. The predicted molar refractivity (Wildman–Crippen MR) is 53.3 cm³/mol. The number of hydrogen-bond donors (Lipinski definition) is 2. The Bertz CT molecular complexity index is 154. The van der Waals surface area contributed by atoms with Gasteiger partial charge < -0.3 is 10.2 Å². The summed E-state index contributed by atoms with van der Waals surface area (Å²) >= 11 is 0. The molecule has 2 nitrogen and oxygen atoms in total. The Morgan fingerprint density at radius 3 is 2.38 bits per heavy atom. The molecule has 0 aromatic carbocycles. The Labute approximate surface area is 81.0 Å². The summed E-state index contributed by atoms with van der Waals surface area (Å²) in [4.78, 5) is 0. The average Bonchev–Trinajstić information content (AvgIpc) is 2.04. The van der Waals surface area contributed by atoms with E-state index < -0.39 is 0 Å². The van der Waals surface area contributed by atoms with Gasteiger partial charge in [0.1, 0.15) is 0 Å². The smallest absolute Gasteiger partial charge is 0.0623 e. The summed E-state index contributed by atoms with van der Waals surface area (Å²) in [6.45, 7) is 6.56. The van der Waals surface area contributed by atoms with Gasteiger partial charge in [-0.1, -0.05) is 20.8 Å².